The monoisotopic (exact) mass is 342 g/mol. The van der Waals surface area contributed by atoms with Gasteiger partial charge in [0.15, 0.2) is 0 Å². The Balaban J connectivity index is 2.32. The molecular weight excluding hydrogens is 328 g/mol. The fourth-order valence-electron chi connectivity index (χ4n) is 2.02. The molecule has 0 saturated heterocycles. The van der Waals surface area contributed by atoms with Crippen molar-refractivity contribution in [2.75, 3.05) is 7.05 Å². The van der Waals surface area contributed by atoms with Crippen LogP contribution >= 0.6 is 12.6 Å². The van der Waals surface area contributed by atoms with Crippen molar-refractivity contribution in [3.63, 3.8) is 0 Å². The Morgan fingerprint density at radius 1 is 1.27 bits per heavy atom. The molecule has 1 heterocycles. The molecule has 0 radical (unpaired) electrons. The highest BCUT2D eigenvalue weighted by Gasteiger charge is 2.37. The van der Waals surface area contributed by atoms with Crippen molar-refractivity contribution in [3.8, 4) is 0 Å². The fraction of sp³-hybridized carbons (Fsp3) is 0.250. The first-order valence-electron chi connectivity index (χ1n) is 6.10. The summed E-state index contributed by atoms with van der Waals surface area (Å²) in [6.07, 6.45) is 0. The number of carbonyl (C=O) groups excluding carboxylic acids is 2. The molecule has 10 heteroatoms. The Morgan fingerprint density at radius 3 is 2.14 bits per heavy atom. The lowest BCUT2D eigenvalue weighted by Crippen LogP contribution is -2.39. The second-order valence-electron chi connectivity index (χ2n) is 4.63. The minimum Gasteiger partial charge on any atom is -0.269 e. The highest BCUT2D eigenvalue weighted by molar-refractivity contribution is 8.03. The summed E-state index contributed by atoms with van der Waals surface area (Å²) in [7, 11) is -2.63. The van der Waals surface area contributed by atoms with Crippen LogP contribution in [0.1, 0.15) is 27.6 Å². The minimum absolute atomic E-state index is 0.0244. The van der Waals surface area contributed by atoms with Crippen LogP contribution in [0.2, 0.25) is 0 Å². The van der Waals surface area contributed by atoms with Crippen LogP contribution in [0.25, 0.3) is 0 Å². The Bertz CT molecular complexity index is 740. The van der Waals surface area contributed by atoms with Gasteiger partial charge < -0.3 is 0 Å². The number of nitrogens with zero attached hydrogens (tertiary/aromatic N) is 3. The number of imide groups is 1. The molecule has 1 atom stereocenters. The van der Waals surface area contributed by atoms with Crippen LogP contribution in [0.15, 0.2) is 29.4 Å². The normalized spacial score (nSPS) is 16.7. The van der Waals surface area contributed by atoms with E-state index in [1.807, 2.05) is 0 Å². The summed E-state index contributed by atoms with van der Waals surface area (Å²) in [6, 6.07) is 6.38. The molecule has 0 spiro atoms. The molecule has 0 saturated carbocycles. The van der Waals surface area contributed by atoms with Gasteiger partial charge in [-0.1, -0.05) is 12.1 Å². The number of hydrogen-bond donors (Lipinski definition) is 2. The van der Waals surface area contributed by atoms with Gasteiger partial charge >= 0.3 is 0 Å². The molecule has 118 valence electrons. The lowest BCUT2D eigenvalue weighted by molar-refractivity contribution is 0.0745. The molecule has 8 nitrogen and oxygen atoms in total. The summed E-state index contributed by atoms with van der Waals surface area (Å²) in [4.78, 5) is 25.4. The van der Waals surface area contributed by atoms with Crippen LogP contribution in [-0.4, -0.2) is 47.7 Å². The van der Waals surface area contributed by atoms with E-state index in [1.165, 1.54) is 26.1 Å². The molecule has 22 heavy (non-hydrogen) atoms. The zero-order chi connectivity index (χ0) is 16.7. The van der Waals surface area contributed by atoms with Gasteiger partial charge in [-0.3, -0.25) is 14.6 Å². The number of sulfonamides is 1. The van der Waals surface area contributed by atoms with E-state index in [9.17, 15) is 18.0 Å². The number of hydrazone groups is 1. The third-order valence-electron chi connectivity index (χ3n) is 3.03. The maximum atomic E-state index is 12.2. The van der Waals surface area contributed by atoms with Gasteiger partial charge in [0.2, 0.25) is 14.7 Å². The topological polar surface area (TPSA) is 113 Å². The van der Waals surface area contributed by atoms with E-state index in [2.05, 4.69) is 17.7 Å². The standard InChI is InChI=1S/C12H14N4O4S2/c1-7(14-15(2)12(21)22(13,19)20)16-10(17)8-5-3-4-6-9(8)11(16)18/h3-6,12,21H,1-2H3,(H2,13,19,20)/b14-7+. The van der Waals surface area contributed by atoms with Gasteiger partial charge in [-0.2, -0.15) is 5.10 Å². The number of nitrogens with two attached hydrogens (primary N) is 1. The third kappa shape index (κ3) is 2.85. The summed E-state index contributed by atoms with van der Waals surface area (Å²) >= 11 is 3.83. The quantitative estimate of drug-likeness (QED) is 0.201. The molecule has 1 unspecified atom stereocenters. The molecule has 1 aromatic carbocycles. The number of benzene rings is 1. The van der Waals surface area contributed by atoms with E-state index in [1.54, 1.807) is 12.1 Å². The molecule has 0 bridgehead atoms. The Morgan fingerprint density at radius 2 is 1.73 bits per heavy atom. The summed E-state index contributed by atoms with van der Waals surface area (Å²) in [6.45, 7) is 1.42. The van der Waals surface area contributed by atoms with Crippen LogP contribution in [0.4, 0.5) is 0 Å². The molecule has 1 aromatic rings. The largest absolute Gasteiger partial charge is 0.269 e. The molecule has 1 aliphatic heterocycles. The Labute approximate surface area is 133 Å². The molecular formula is C12H14N4O4S2. The molecule has 2 rings (SSSR count). The van der Waals surface area contributed by atoms with E-state index >= 15 is 0 Å². The zero-order valence-corrected chi connectivity index (χ0v) is 13.5. The van der Waals surface area contributed by atoms with E-state index in [4.69, 9.17) is 5.14 Å². The van der Waals surface area contributed by atoms with Crippen molar-refractivity contribution in [3.05, 3.63) is 35.4 Å². The SMILES string of the molecule is C/C(=N\N(C)C(S)S(N)(=O)=O)N1C(=O)c2ccccc2C1=O. The minimum atomic E-state index is -3.96. The molecule has 0 aliphatic carbocycles. The maximum Gasteiger partial charge on any atom is 0.267 e. The number of rotatable bonds is 3. The second kappa shape index (κ2) is 5.71. The average Bonchev–Trinajstić information content (AvgIpc) is 2.69. The number of primary sulfonamides is 1. The van der Waals surface area contributed by atoms with Gasteiger partial charge in [0.1, 0.15) is 5.84 Å². The predicted molar refractivity (Wildman–Crippen MR) is 83.7 cm³/mol. The average molecular weight is 342 g/mol. The third-order valence-corrected chi connectivity index (χ3v) is 5.14. The van der Waals surface area contributed by atoms with Crippen LogP contribution in [0.3, 0.4) is 0 Å². The number of amides is 2. The predicted octanol–water partition coefficient (Wildman–Crippen LogP) is 0.0497. The summed E-state index contributed by atoms with van der Waals surface area (Å²) < 4.78 is 21.1. The summed E-state index contributed by atoms with van der Waals surface area (Å²) in [5.41, 5.74) is 0.553. The zero-order valence-electron chi connectivity index (χ0n) is 11.8. The first kappa shape index (κ1) is 16.5. The van der Waals surface area contributed by atoms with Gasteiger partial charge in [-0.25, -0.2) is 18.5 Å². The molecule has 2 N–H and O–H groups in total. The van der Waals surface area contributed by atoms with Crippen LogP contribution < -0.4 is 5.14 Å². The van der Waals surface area contributed by atoms with Gasteiger partial charge in [0, 0.05) is 7.05 Å². The number of carbonyl (C=O) groups is 2. The molecule has 2 amide bonds. The van der Waals surface area contributed by atoms with Gasteiger partial charge in [-0.15, -0.1) is 12.6 Å². The van der Waals surface area contributed by atoms with Gasteiger partial charge in [-0.05, 0) is 19.1 Å². The Hall–Kier alpha value is -1.91. The van der Waals surface area contributed by atoms with Crippen LogP contribution in [0.5, 0.6) is 0 Å². The Kier molecular flexibility index (Phi) is 4.27. The summed E-state index contributed by atoms with van der Waals surface area (Å²) in [5.74, 6) is -1.00. The maximum absolute atomic E-state index is 12.2. The summed E-state index contributed by atoms with van der Waals surface area (Å²) in [5, 5.41) is 9.83. The first-order valence-corrected chi connectivity index (χ1v) is 8.22. The van der Waals surface area contributed by atoms with Crippen molar-refractivity contribution < 1.29 is 18.0 Å². The van der Waals surface area contributed by atoms with Crippen molar-refractivity contribution in [1.29, 1.82) is 0 Å². The van der Waals surface area contributed by atoms with Crippen molar-refractivity contribution in [2.24, 2.45) is 10.2 Å². The van der Waals surface area contributed by atoms with Crippen LogP contribution in [0, 0.1) is 0 Å². The highest BCUT2D eigenvalue weighted by atomic mass is 32.3. The number of fused-ring (bicyclic) bond motifs is 1. The van der Waals surface area contributed by atoms with E-state index in [0.29, 0.717) is 0 Å². The van der Waals surface area contributed by atoms with E-state index in [-0.39, 0.29) is 17.0 Å². The van der Waals surface area contributed by atoms with E-state index < -0.39 is 26.5 Å². The lowest BCUT2D eigenvalue weighted by atomic mass is 10.1. The lowest BCUT2D eigenvalue weighted by Gasteiger charge is -2.21. The smallest absolute Gasteiger partial charge is 0.267 e. The number of hydrogen-bond acceptors (Lipinski definition) is 7. The van der Waals surface area contributed by atoms with Crippen molar-refractivity contribution >= 4 is 40.3 Å². The number of thiol groups is 1. The fourth-order valence-corrected chi connectivity index (χ4v) is 2.54. The number of amidine groups is 1. The molecule has 0 aromatic heterocycles. The molecule has 1 aliphatic rings. The van der Waals surface area contributed by atoms with Gasteiger partial charge in [0.25, 0.3) is 11.8 Å². The van der Waals surface area contributed by atoms with E-state index in [0.717, 1.165) is 9.91 Å². The van der Waals surface area contributed by atoms with Gasteiger partial charge in [0.05, 0.1) is 11.1 Å². The van der Waals surface area contributed by atoms with Crippen molar-refractivity contribution in [1.82, 2.24) is 9.91 Å². The van der Waals surface area contributed by atoms with Crippen LogP contribution in [-0.2, 0) is 10.0 Å². The molecule has 0 fully saturated rings. The second-order valence-corrected chi connectivity index (χ2v) is 7.09. The first-order chi connectivity index (χ1) is 10.1. The van der Waals surface area contributed by atoms with Crippen molar-refractivity contribution in [2.45, 2.75) is 11.6 Å². The highest BCUT2D eigenvalue weighted by Crippen LogP contribution is 2.23.